The van der Waals surface area contributed by atoms with E-state index in [1.54, 1.807) is 11.8 Å². The molecule has 8 heteroatoms. The van der Waals surface area contributed by atoms with Crippen LogP contribution in [0, 0.1) is 0 Å². The molecule has 4 N–H and O–H groups in total. The number of primary amides is 1. The Morgan fingerprint density at radius 1 is 1.00 bits per heavy atom. The number of nitrogens with zero attached hydrogens (tertiary/aromatic N) is 3. The predicted molar refractivity (Wildman–Crippen MR) is 139 cm³/mol. The van der Waals surface area contributed by atoms with Gasteiger partial charge in [-0.1, -0.05) is 60.3 Å². The van der Waals surface area contributed by atoms with Crippen molar-refractivity contribution >= 4 is 40.3 Å². The Kier molecular flexibility index (Phi) is 6.83. The topological polar surface area (TPSA) is 104 Å². The van der Waals surface area contributed by atoms with E-state index in [9.17, 15) is 9.90 Å². The molecule has 0 unspecified atom stereocenters. The lowest BCUT2D eigenvalue weighted by atomic mass is 10.2. The Morgan fingerprint density at radius 2 is 1.69 bits per heavy atom. The van der Waals surface area contributed by atoms with Crippen molar-refractivity contribution in [2.45, 2.75) is 41.8 Å². The molecule has 0 spiro atoms. The smallest absolute Gasteiger partial charge is 0.240 e. The zero-order chi connectivity index (χ0) is 24.2. The summed E-state index contributed by atoms with van der Waals surface area (Å²) in [5.41, 5.74) is 8.50. The third-order valence-electron chi connectivity index (χ3n) is 6.21. The quantitative estimate of drug-likeness (QED) is 0.341. The number of carbonyl (C=O) groups excluding carboxylic acids is 1. The van der Waals surface area contributed by atoms with E-state index in [0.717, 1.165) is 57.0 Å². The Labute approximate surface area is 208 Å². The minimum atomic E-state index is -0.357. The number of para-hydroxylation sites is 1. The van der Waals surface area contributed by atoms with E-state index in [1.165, 1.54) is 0 Å². The third kappa shape index (κ3) is 4.94. The van der Waals surface area contributed by atoms with E-state index in [-0.39, 0.29) is 18.6 Å². The van der Waals surface area contributed by atoms with Crippen LogP contribution in [0.5, 0.6) is 0 Å². The number of amides is 1. The number of anilines is 2. The molecule has 4 aromatic rings. The van der Waals surface area contributed by atoms with Crippen LogP contribution in [-0.2, 0) is 17.9 Å². The average Bonchev–Trinajstić information content (AvgIpc) is 3.38. The van der Waals surface area contributed by atoms with Gasteiger partial charge in [0, 0.05) is 28.3 Å². The van der Waals surface area contributed by atoms with Gasteiger partial charge in [0.05, 0.1) is 12.1 Å². The summed E-state index contributed by atoms with van der Waals surface area (Å²) in [5, 5.41) is 14.0. The number of hydrogen-bond acceptors (Lipinski definition) is 7. The maximum absolute atomic E-state index is 12.1. The molecule has 0 radical (unpaired) electrons. The molecule has 2 heterocycles. The molecule has 1 amide bonds. The molecule has 1 aromatic heterocycles. The second-order valence-electron chi connectivity index (χ2n) is 8.47. The Bertz CT molecular complexity index is 1360. The lowest BCUT2D eigenvalue weighted by molar-refractivity contribution is -0.119. The van der Waals surface area contributed by atoms with Crippen LogP contribution < -0.4 is 16.0 Å². The van der Waals surface area contributed by atoms with Crippen molar-refractivity contribution < 1.29 is 9.90 Å². The zero-order valence-electron chi connectivity index (χ0n) is 19.2. The highest BCUT2D eigenvalue weighted by Crippen LogP contribution is 2.34. The molecule has 1 atom stereocenters. The average molecular weight is 486 g/mol. The van der Waals surface area contributed by atoms with Crippen LogP contribution in [0.25, 0.3) is 10.9 Å². The molecule has 35 heavy (non-hydrogen) atoms. The summed E-state index contributed by atoms with van der Waals surface area (Å²) >= 11 is 1.63. The molecule has 7 nitrogen and oxygen atoms in total. The lowest BCUT2D eigenvalue weighted by Gasteiger charge is -2.25. The van der Waals surface area contributed by atoms with E-state index in [2.05, 4.69) is 17.4 Å². The Morgan fingerprint density at radius 3 is 2.46 bits per heavy atom. The van der Waals surface area contributed by atoms with Crippen LogP contribution >= 0.6 is 11.8 Å². The number of nitrogens with two attached hydrogens (primary N) is 1. The van der Waals surface area contributed by atoms with Crippen LogP contribution in [0.1, 0.15) is 24.0 Å². The molecule has 1 aliphatic rings. The number of fused-ring (bicyclic) bond motifs is 1. The van der Waals surface area contributed by atoms with Gasteiger partial charge in [0.15, 0.2) is 0 Å². The van der Waals surface area contributed by atoms with Crippen molar-refractivity contribution in [3.63, 3.8) is 0 Å². The highest BCUT2D eigenvalue weighted by Gasteiger charge is 2.31. The van der Waals surface area contributed by atoms with Crippen molar-refractivity contribution in [1.82, 2.24) is 9.97 Å². The molecule has 5 rings (SSSR count). The van der Waals surface area contributed by atoms with Gasteiger partial charge in [-0.3, -0.25) is 4.79 Å². The van der Waals surface area contributed by atoms with Crippen molar-refractivity contribution in [2.24, 2.45) is 5.73 Å². The molecule has 178 valence electrons. The molecular weight excluding hydrogens is 458 g/mol. The lowest BCUT2D eigenvalue weighted by Crippen LogP contribution is -2.41. The molecule has 0 aliphatic carbocycles. The fraction of sp³-hybridized carbons (Fsp3) is 0.222. The van der Waals surface area contributed by atoms with Crippen LogP contribution in [0.2, 0.25) is 0 Å². The minimum Gasteiger partial charge on any atom is -0.392 e. The fourth-order valence-corrected chi connectivity index (χ4v) is 5.52. The molecule has 0 bridgehead atoms. The van der Waals surface area contributed by atoms with Gasteiger partial charge >= 0.3 is 0 Å². The molecule has 0 saturated carbocycles. The van der Waals surface area contributed by atoms with Gasteiger partial charge in [-0.25, -0.2) is 4.98 Å². The number of aliphatic hydroxyl groups is 1. The van der Waals surface area contributed by atoms with Gasteiger partial charge in [0.1, 0.15) is 11.9 Å². The highest BCUT2D eigenvalue weighted by molar-refractivity contribution is 7.99. The maximum atomic E-state index is 12.1. The van der Waals surface area contributed by atoms with E-state index in [4.69, 9.17) is 15.7 Å². The van der Waals surface area contributed by atoms with Crippen molar-refractivity contribution in [1.29, 1.82) is 0 Å². The predicted octanol–water partition coefficient (Wildman–Crippen LogP) is 4.34. The van der Waals surface area contributed by atoms with Crippen molar-refractivity contribution in [3.8, 4) is 0 Å². The van der Waals surface area contributed by atoms with E-state index >= 15 is 0 Å². The first-order valence-corrected chi connectivity index (χ1v) is 12.5. The van der Waals surface area contributed by atoms with E-state index < -0.39 is 0 Å². The number of aromatic nitrogens is 2. The number of benzene rings is 3. The summed E-state index contributed by atoms with van der Waals surface area (Å²) in [4.78, 5) is 25.7. The number of carbonyl (C=O) groups is 1. The van der Waals surface area contributed by atoms with Crippen LogP contribution in [0.4, 0.5) is 11.8 Å². The van der Waals surface area contributed by atoms with Gasteiger partial charge in [-0.15, -0.1) is 0 Å². The number of aliphatic hydroxyl groups excluding tert-OH is 1. The first-order valence-electron chi connectivity index (χ1n) is 11.6. The van der Waals surface area contributed by atoms with Gasteiger partial charge in [-0.2, -0.15) is 4.98 Å². The van der Waals surface area contributed by atoms with Gasteiger partial charge < -0.3 is 21.1 Å². The summed E-state index contributed by atoms with van der Waals surface area (Å²) < 4.78 is 0. The maximum Gasteiger partial charge on any atom is 0.240 e. The summed E-state index contributed by atoms with van der Waals surface area (Å²) in [6.45, 7) is 1.26. The second kappa shape index (κ2) is 10.3. The minimum absolute atomic E-state index is 0.0000929. The van der Waals surface area contributed by atoms with E-state index in [1.807, 2.05) is 65.6 Å². The molecule has 3 aromatic carbocycles. The molecule has 1 aliphatic heterocycles. The summed E-state index contributed by atoms with van der Waals surface area (Å²) in [7, 11) is 0. The molecule has 1 saturated heterocycles. The third-order valence-corrected chi connectivity index (χ3v) is 7.45. The zero-order valence-corrected chi connectivity index (χ0v) is 20.0. The van der Waals surface area contributed by atoms with Gasteiger partial charge in [0.2, 0.25) is 11.9 Å². The summed E-state index contributed by atoms with van der Waals surface area (Å²) in [6.07, 6.45) is 1.63. The number of nitrogens with one attached hydrogen (secondary N) is 1. The second-order valence-corrected chi connectivity index (χ2v) is 9.55. The summed E-state index contributed by atoms with van der Waals surface area (Å²) in [6, 6.07) is 23.5. The van der Waals surface area contributed by atoms with E-state index in [0.29, 0.717) is 12.5 Å². The van der Waals surface area contributed by atoms with Crippen LogP contribution in [-0.4, -0.2) is 33.6 Å². The largest absolute Gasteiger partial charge is 0.392 e. The Hall–Kier alpha value is -3.62. The number of hydrogen-bond donors (Lipinski definition) is 3. The van der Waals surface area contributed by atoms with Gasteiger partial charge in [0.25, 0.3) is 0 Å². The van der Waals surface area contributed by atoms with Crippen LogP contribution in [0.15, 0.2) is 82.6 Å². The molecular formula is C27H27N5O2S. The fourth-order valence-electron chi connectivity index (χ4n) is 4.45. The monoisotopic (exact) mass is 485 g/mol. The van der Waals surface area contributed by atoms with Gasteiger partial charge in [-0.05, 0) is 48.2 Å². The number of rotatable bonds is 8. The van der Waals surface area contributed by atoms with Crippen molar-refractivity contribution in [2.75, 3.05) is 16.8 Å². The standard InChI is InChI=1S/C27H27N5O2S/c28-25(34)22-12-7-15-32(22)26-20-10-3-4-11-21(20)30-27(31-26)29-16-18-8-1-5-13-23(18)35-24-14-6-2-9-19(24)17-33/h1-6,8-11,13-14,22,33H,7,12,15-17H2,(H2,28,34)(H,29,30,31)/t22-/m0/s1. The highest BCUT2D eigenvalue weighted by atomic mass is 32.2. The SMILES string of the molecule is NC(=O)[C@@H]1CCCN1c1nc(NCc2ccccc2Sc2ccccc2CO)nc2ccccc12. The normalized spacial score (nSPS) is 15.5. The molecule has 1 fully saturated rings. The first-order chi connectivity index (χ1) is 17.1. The van der Waals surface area contributed by atoms with Crippen molar-refractivity contribution in [3.05, 3.63) is 83.9 Å². The Balaban J connectivity index is 1.43. The first kappa shape index (κ1) is 23.1. The van der Waals surface area contributed by atoms with Crippen LogP contribution in [0.3, 0.4) is 0 Å². The summed E-state index contributed by atoms with van der Waals surface area (Å²) in [5.74, 6) is 0.914.